The number of amides is 1. The summed E-state index contributed by atoms with van der Waals surface area (Å²) in [5.74, 6) is 1.36. The van der Waals surface area contributed by atoms with Crippen LogP contribution < -0.4 is 4.74 Å². The maximum absolute atomic E-state index is 13.2. The number of fused-ring (bicyclic) bond motifs is 3. The molecule has 3 aliphatic rings. The number of benzene rings is 1. The molecule has 0 unspecified atom stereocenters. The fourth-order valence-corrected chi connectivity index (χ4v) is 6.40. The Hall–Kier alpha value is -1.59. The first-order valence-corrected chi connectivity index (χ1v) is 11.0. The number of methoxy groups -OCH3 is 2. The SMILES string of the molecule is COC[C@@]1(C)CCC[C@]2(C)c3cc(OC)c(C(=O)N4CCOCC4)cc3CC[C@@H]12. The molecule has 0 aromatic heterocycles. The molecule has 5 nitrogen and oxygen atoms in total. The highest BCUT2D eigenvalue weighted by molar-refractivity contribution is 5.97. The molecule has 0 bridgehead atoms. The Kier molecular flexibility index (Phi) is 5.64. The zero-order valence-electron chi connectivity index (χ0n) is 18.4. The van der Waals surface area contributed by atoms with Crippen LogP contribution in [0.4, 0.5) is 0 Å². The summed E-state index contributed by atoms with van der Waals surface area (Å²) in [5, 5.41) is 0. The van der Waals surface area contributed by atoms with Crippen molar-refractivity contribution in [2.24, 2.45) is 11.3 Å². The van der Waals surface area contributed by atoms with E-state index in [1.807, 2.05) is 12.0 Å². The summed E-state index contributed by atoms with van der Waals surface area (Å²) in [5.41, 5.74) is 3.71. The molecule has 3 atom stereocenters. The van der Waals surface area contributed by atoms with E-state index in [0.717, 1.165) is 19.4 Å². The smallest absolute Gasteiger partial charge is 0.257 e. The maximum Gasteiger partial charge on any atom is 0.257 e. The monoisotopic (exact) mass is 401 g/mol. The normalized spacial score (nSPS) is 31.7. The van der Waals surface area contributed by atoms with Gasteiger partial charge in [0.1, 0.15) is 5.75 Å². The average molecular weight is 402 g/mol. The molecule has 5 heteroatoms. The van der Waals surface area contributed by atoms with Crippen LogP contribution in [0.3, 0.4) is 0 Å². The Labute approximate surface area is 174 Å². The molecule has 1 amide bonds. The molecule has 1 aromatic rings. The highest BCUT2D eigenvalue weighted by atomic mass is 16.5. The van der Waals surface area contributed by atoms with E-state index in [1.165, 1.54) is 30.4 Å². The number of hydrogen-bond acceptors (Lipinski definition) is 4. The van der Waals surface area contributed by atoms with E-state index in [2.05, 4.69) is 26.0 Å². The summed E-state index contributed by atoms with van der Waals surface area (Å²) in [6.45, 7) is 8.15. The van der Waals surface area contributed by atoms with E-state index in [0.29, 0.717) is 43.5 Å². The van der Waals surface area contributed by atoms with Gasteiger partial charge in [0.25, 0.3) is 5.91 Å². The number of carbonyl (C=O) groups is 1. The van der Waals surface area contributed by atoms with Gasteiger partial charge in [0.2, 0.25) is 0 Å². The minimum absolute atomic E-state index is 0.0630. The van der Waals surface area contributed by atoms with Crippen LogP contribution in [-0.4, -0.2) is 57.9 Å². The Morgan fingerprint density at radius 3 is 2.66 bits per heavy atom. The molecule has 0 spiro atoms. The lowest BCUT2D eigenvalue weighted by Crippen LogP contribution is -2.50. The molecule has 4 rings (SSSR count). The zero-order chi connectivity index (χ0) is 20.6. The molecule has 160 valence electrons. The number of ether oxygens (including phenoxy) is 3. The molecule has 1 heterocycles. The van der Waals surface area contributed by atoms with Crippen LogP contribution >= 0.6 is 0 Å². The van der Waals surface area contributed by atoms with E-state index in [9.17, 15) is 4.79 Å². The number of aryl methyl sites for hydroxylation is 1. The summed E-state index contributed by atoms with van der Waals surface area (Å²) in [6.07, 6.45) is 5.79. The summed E-state index contributed by atoms with van der Waals surface area (Å²) in [7, 11) is 3.50. The number of morpholine rings is 1. The molecule has 2 fully saturated rings. The molecule has 29 heavy (non-hydrogen) atoms. The Bertz CT molecular complexity index is 768. The van der Waals surface area contributed by atoms with Crippen molar-refractivity contribution in [2.75, 3.05) is 47.1 Å². The first-order chi connectivity index (χ1) is 13.9. The van der Waals surface area contributed by atoms with Crippen LogP contribution in [0.2, 0.25) is 0 Å². The van der Waals surface area contributed by atoms with Crippen LogP contribution in [0.1, 0.15) is 61.0 Å². The van der Waals surface area contributed by atoms with Crippen molar-refractivity contribution in [3.63, 3.8) is 0 Å². The second kappa shape index (κ2) is 7.92. The average Bonchev–Trinajstić information content (AvgIpc) is 2.73. The quantitative estimate of drug-likeness (QED) is 0.769. The third kappa shape index (κ3) is 3.46. The van der Waals surface area contributed by atoms with Crippen LogP contribution in [0.5, 0.6) is 5.75 Å². The highest BCUT2D eigenvalue weighted by Crippen LogP contribution is 2.57. The second-order valence-corrected chi connectivity index (χ2v) is 9.56. The topological polar surface area (TPSA) is 48.0 Å². The number of rotatable bonds is 4. The van der Waals surface area contributed by atoms with Crippen molar-refractivity contribution in [3.8, 4) is 5.75 Å². The molecular formula is C24H35NO4. The number of hydrogen-bond donors (Lipinski definition) is 0. The second-order valence-electron chi connectivity index (χ2n) is 9.56. The molecule has 0 N–H and O–H groups in total. The molecule has 1 saturated carbocycles. The van der Waals surface area contributed by atoms with Gasteiger partial charge in [-0.25, -0.2) is 0 Å². The number of nitrogens with zero attached hydrogens (tertiary/aromatic N) is 1. The van der Waals surface area contributed by atoms with Crippen LogP contribution in [0, 0.1) is 11.3 Å². The van der Waals surface area contributed by atoms with Gasteiger partial charge in [0, 0.05) is 20.2 Å². The Morgan fingerprint density at radius 1 is 1.21 bits per heavy atom. The van der Waals surface area contributed by atoms with Crippen LogP contribution in [0.15, 0.2) is 12.1 Å². The third-order valence-electron chi connectivity index (χ3n) is 7.80. The molecule has 2 aliphatic carbocycles. The van der Waals surface area contributed by atoms with E-state index >= 15 is 0 Å². The Morgan fingerprint density at radius 2 is 1.97 bits per heavy atom. The zero-order valence-corrected chi connectivity index (χ0v) is 18.4. The van der Waals surface area contributed by atoms with Crippen molar-refractivity contribution in [3.05, 3.63) is 28.8 Å². The Balaban J connectivity index is 1.72. The molecule has 1 aromatic carbocycles. The first kappa shape index (κ1) is 20.7. The van der Waals surface area contributed by atoms with Gasteiger partial charge in [-0.1, -0.05) is 20.3 Å². The van der Waals surface area contributed by atoms with Crippen LogP contribution in [0.25, 0.3) is 0 Å². The van der Waals surface area contributed by atoms with Gasteiger partial charge in [-0.2, -0.15) is 0 Å². The van der Waals surface area contributed by atoms with Gasteiger partial charge in [-0.05, 0) is 65.7 Å². The van der Waals surface area contributed by atoms with E-state index < -0.39 is 0 Å². The van der Waals surface area contributed by atoms with Gasteiger partial charge >= 0.3 is 0 Å². The largest absolute Gasteiger partial charge is 0.496 e. The first-order valence-electron chi connectivity index (χ1n) is 11.0. The van der Waals surface area contributed by atoms with Gasteiger partial charge < -0.3 is 19.1 Å². The standard InChI is InChI=1S/C24H35NO4/c1-23(16-27-3)8-5-9-24(2)19-15-20(28-4)18(14-17(19)6-7-21(23)24)22(26)25-10-12-29-13-11-25/h14-15,21H,5-13,16H2,1-4H3/t21-,23+,24+/m0/s1. The third-order valence-corrected chi connectivity index (χ3v) is 7.80. The minimum Gasteiger partial charge on any atom is -0.496 e. The molecule has 1 saturated heterocycles. The molecule has 1 aliphatic heterocycles. The van der Waals surface area contributed by atoms with Crippen molar-refractivity contribution in [1.82, 2.24) is 4.90 Å². The summed E-state index contributed by atoms with van der Waals surface area (Å²) in [4.78, 5) is 15.1. The number of carbonyl (C=O) groups excluding carboxylic acids is 1. The fourth-order valence-electron chi connectivity index (χ4n) is 6.40. The lowest BCUT2D eigenvalue weighted by atomic mass is 9.50. The summed E-state index contributed by atoms with van der Waals surface area (Å²) in [6, 6.07) is 4.30. The van der Waals surface area contributed by atoms with Crippen LogP contribution in [-0.2, 0) is 21.3 Å². The molecular weight excluding hydrogens is 366 g/mol. The van der Waals surface area contributed by atoms with E-state index in [-0.39, 0.29) is 16.7 Å². The summed E-state index contributed by atoms with van der Waals surface area (Å²) >= 11 is 0. The van der Waals surface area contributed by atoms with Gasteiger partial charge in [0.15, 0.2) is 0 Å². The van der Waals surface area contributed by atoms with E-state index in [1.54, 1.807) is 7.11 Å². The van der Waals surface area contributed by atoms with Crippen molar-refractivity contribution < 1.29 is 19.0 Å². The van der Waals surface area contributed by atoms with E-state index in [4.69, 9.17) is 14.2 Å². The van der Waals surface area contributed by atoms with Crippen molar-refractivity contribution in [2.45, 2.75) is 51.4 Å². The van der Waals surface area contributed by atoms with Gasteiger partial charge in [-0.3, -0.25) is 4.79 Å². The summed E-state index contributed by atoms with van der Waals surface area (Å²) < 4.78 is 16.8. The minimum atomic E-state index is 0.0630. The fraction of sp³-hybridized carbons (Fsp3) is 0.708. The van der Waals surface area contributed by atoms with Gasteiger partial charge in [0.05, 0.1) is 32.5 Å². The predicted molar refractivity (Wildman–Crippen MR) is 113 cm³/mol. The maximum atomic E-state index is 13.2. The lowest BCUT2D eigenvalue weighted by molar-refractivity contribution is -0.0325. The predicted octanol–water partition coefficient (Wildman–Crippen LogP) is 3.82. The molecule has 0 radical (unpaired) electrons. The lowest BCUT2D eigenvalue weighted by Gasteiger charge is -2.55. The highest BCUT2D eigenvalue weighted by Gasteiger charge is 2.52. The van der Waals surface area contributed by atoms with Crippen molar-refractivity contribution >= 4 is 5.91 Å². The van der Waals surface area contributed by atoms with Gasteiger partial charge in [-0.15, -0.1) is 0 Å². The van der Waals surface area contributed by atoms with Crippen molar-refractivity contribution in [1.29, 1.82) is 0 Å².